The van der Waals surface area contributed by atoms with Gasteiger partial charge >= 0.3 is 0 Å². The summed E-state index contributed by atoms with van der Waals surface area (Å²) in [5, 5.41) is 0. The highest BCUT2D eigenvalue weighted by Gasteiger charge is 2.16. The molecule has 0 amide bonds. The van der Waals surface area contributed by atoms with Crippen LogP contribution < -0.4 is 9.64 Å². The largest absolute Gasteiger partial charge is 0.495 e. The van der Waals surface area contributed by atoms with Crippen molar-refractivity contribution in [1.82, 2.24) is 4.90 Å². The molecule has 2 fully saturated rings. The molecule has 2 saturated heterocycles. The van der Waals surface area contributed by atoms with Crippen molar-refractivity contribution in [3.8, 4) is 5.75 Å². The molecule has 0 bridgehead atoms. The predicted molar refractivity (Wildman–Crippen MR) is 90.0 cm³/mol. The first kappa shape index (κ1) is 15.6. The number of benzene rings is 1. The van der Waals surface area contributed by atoms with E-state index in [0.29, 0.717) is 0 Å². The van der Waals surface area contributed by atoms with E-state index in [9.17, 15) is 0 Å². The molecule has 3 rings (SSSR count). The minimum Gasteiger partial charge on any atom is -0.495 e. The third-order valence-electron chi connectivity index (χ3n) is 4.73. The Balaban J connectivity index is 1.54. The molecular weight excluding hydrogens is 276 g/mol. The van der Waals surface area contributed by atoms with E-state index in [2.05, 4.69) is 28.0 Å². The predicted octanol–water partition coefficient (Wildman–Crippen LogP) is 2.56. The van der Waals surface area contributed by atoms with Gasteiger partial charge in [0.15, 0.2) is 0 Å². The molecule has 0 N–H and O–H groups in total. The second kappa shape index (κ2) is 7.84. The van der Waals surface area contributed by atoms with E-state index in [1.54, 1.807) is 7.11 Å². The van der Waals surface area contributed by atoms with Crippen molar-refractivity contribution in [1.29, 1.82) is 0 Å². The summed E-state index contributed by atoms with van der Waals surface area (Å²) in [4.78, 5) is 4.94. The maximum atomic E-state index is 5.63. The number of ether oxygens (including phenoxy) is 2. The van der Waals surface area contributed by atoms with Crippen LogP contribution in [0.4, 0.5) is 5.69 Å². The molecule has 0 saturated carbocycles. The number of morpholine rings is 1. The van der Waals surface area contributed by atoms with Gasteiger partial charge in [-0.05, 0) is 49.9 Å². The molecule has 2 heterocycles. The van der Waals surface area contributed by atoms with Crippen LogP contribution in [0.1, 0.15) is 24.8 Å². The van der Waals surface area contributed by atoms with Gasteiger partial charge in [0.25, 0.3) is 0 Å². The minimum atomic E-state index is 0.887. The van der Waals surface area contributed by atoms with Crippen LogP contribution in [-0.2, 0) is 11.2 Å². The van der Waals surface area contributed by atoms with Crippen molar-refractivity contribution in [3.63, 3.8) is 0 Å². The SMILES string of the molecule is COc1cc(CCCN2CCOCC2)ccc1N1CCCC1. The van der Waals surface area contributed by atoms with Gasteiger partial charge in [-0.25, -0.2) is 0 Å². The topological polar surface area (TPSA) is 24.9 Å². The van der Waals surface area contributed by atoms with Crippen molar-refractivity contribution < 1.29 is 9.47 Å². The minimum absolute atomic E-state index is 0.887. The van der Waals surface area contributed by atoms with E-state index in [1.807, 2.05) is 0 Å². The summed E-state index contributed by atoms with van der Waals surface area (Å²) in [6.07, 6.45) is 4.91. The zero-order valence-electron chi connectivity index (χ0n) is 13.7. The lowest BCUT2D eigenvalue weighted by Crippen LogP contribution is -2.36. The molecule has 0 unspecified atom stereocenters. The fourth-order valence-electron chi connectivity index (χ4n) is 3.43. The van der Waals surface area contributed by atoms with Gasteiger partial charge in [-0.1, -0.05) is 6.07 Å². The van der Waals surface area contributed by atoms with Crippen molar-refractivity contribution >= 4 is 5.69 Å². The van der Waals surface area contributed by atoms with Crippen molar-refractivity contribution in [2.75, 3.05) is 57.9 Å². The van der Waals surface area contributed by atoms with Crippen LogP contribution in [0, 0.1) is 0 Å². The average molecular weight is 304 g/mol. The van der Waals surface area contributed by atoms with Crippen LogP contribution in [0.5, 0.6) is 5.75 Å². The van der Waals surface area contributed by atoms with E-state index in [-0.39, 0.29) is 0 Å². The summed E-state index contributed by atoms with van der Waals surface area (Å²) in [6.45, 7) is 7.42. The van der Waals surface area contributed by atoms with Gasteiger partial charge in [0.05, 0.1) is 26.0 Å². The number of methoxy groups -OCH3 is 1. The first-order chi connectivity index (χ1) is 10.9. The van der Waals surface area contributed by atoms with E-state index >= 15 is 0 Å². The van der Waals surface area contributed by atoms with Crippen LogP contribution in [0.3, 0.4) is 0 Å². The third kappa shape index (κ3) is 3.93. The number of rotatable bonds is 6. The van der Waals surface area contributed by atoms with Gasteiger partial charge in [0.1, 0.15) is 5.75 Å². The summed E-state index contributed by atoms with van der Waals surface area (Å²) in [5.41, 5.74) is 2.64. The Hall–Kier alpha value is -1.26. The Morgan fingerprint density at radius 2 is 1.86 bits per heavy atom. The number of nitrogens with zero attached hydrogens (tertiary/aromatic N) is 2. The molecule has 1 aromatic carbocycles. The Labute approximate surface area is 134 Å². The number of hydrogen-bond donors (Lipinski definition) is 0. The highest BCUT2D eigenvalue weighted by atomic mass is 16.5. The lowest BCUT2D eigenvalue weighted by Gasteiger charge is -2.26. The highest BCUT2D eigenvalue weighted by molar-refractivity contribution is 5.60. The lowest BCUT2D eigenvalue weighted by atomic mass is 10.1. The zero-order chi connectivity index (χ0) is 15.2. The Kier molecular flexibility index (Phi) is 5.57. The molecule has 22 heavy (non-hydrogen) atoms. The average Bonchev–Trinajstić information content (AvgIpc) is 3.10. The highest BCUT2D eigenvalue weighted by Crippen LogP contribution is 2.32. The summed E-state index contributed by atoms with van der Waals surface area (Å²) in [7, 11) is 1.78. The van der Waals surface area contributed by atoms with Gasteiger partial charge < -0.3 is 14.4 Å². The van der Waals surface area contributed by atoms with Crippen LogP contribution in [0.15, 0.2) is 18.2 Å². The molecule has 0 aromatic heterocycles. The zero-order valence-corrected chi connectivity index (χ0v) is 13.7. The second-order valence-electron chi connectivity index (χ2n) is 6.26. The normalized spacial score (nSPS) is 19.6. The van der Waals surface area contributed by atoms with Gasteiger partial charge in [0, 0.05) is 26.2 Å². The summed E-state index contributed by atoms with van der Waals surface area (Å²) in [6, 6.07) is 6.75. The Bertz CT molecular complexity index is 466. The molecule has 0 spiro atoms. The maximum absolute atomic E-state index is 5.63. The van der Waals surface area contributed by atoms with Gasteiger partial charge in [-0.15, -0.1) is 0 Å². The summed E-state index contributed by atoms with van der Waals surface area (Å²) >= 11 is 0. The third-order valence-corrected chi connectivity index (χ3v) is 4.73. The molecule has 0 radical (unpaired) electrons. The van der Waals surface area contributed by atoms with Crippen LogP contribution in [-0.4, -0.2) is 57.9 Å². The molecule has 1 aromatic rings. The van der Waals surface area contributed by atoms with Gasteiger partial charge in [-0.2, -0.15) is 0 Å². The summed E-state index contributed by atoms with van der Waals surface area (Å²) < 4.78 is 11.0. The molecule has 0 atom stereocenters. The molecule has 2 aliphatic heterocycles. The second-order valence-corrected chi connectivity index (χ2v) is 6.26. The number of anilines is 1. The Morgan fingerprint density at radius 3 is 2.59 bits per heavy atom. The fraction of sp³-hybridized carbons (Fsp3) is 0.667. The van der Waals surface area contributed by atoms with Crippen molar-refractivity contribution in [3.05, 3.63) is 23.8 Å². The standard InChI is InChI=1S/C18H28N2O2/c1-21-18-15-16(5-4-8-19-11-13-22-14-12-19)6-7-17(18)20-9-2-3-10-20/h6-7,15H,2-5,8-14H2,1H3. The van der Waals surface area contributed by atoms with E-state index in [1.165, 1.54) is 37.1 Å². The molecule has 4 nitrogen and oxygen atoms in total. The van der Waals surface area contributed by atoms with E-state index in [4.69, 9.17) is 9.47 Å². The Morgan fingerprint density at radius 1 is 1.09 bits per heavy atom. The molecular formula is C18H28N2O2. The van der Waals surface area contributed by atoms with Gasteiger partial charge in [-0.3, -0.25) is 4.90 Å². The van der Waals surface area contributed by atoms with Crippen LogP contribution in [0.25, 0.3) is 0 Å². The quantitative estimate of drug-likeness (QED) is 0.806. The summed E-state index contributed by atoms with van der Waals surface area (Å²) in [5.74, 6) is 1.03. The smallest absolute Gasteiger partial charge is 0.142 e. The number of aryl methyl sites for hydroxylation is 1. The first-order valence-electron chi connectivity index (χ1n) is 8.59. The molecule has 122 valence electrons. The van der Waals surface area contributed by atoms with E-state index in [0.717, 1.165) is 51.6 Å². The van der Waals surface area contributed by atoms with E-state index < -0.39 is 0 Å². The fourth-order valence-corrected chi connectivity index (χ4v) is 3.43. The lowest BCUT2D eigenvalue weighted by molar-refractivity contribution is 0.0374. The number of hydrogen-bond acceptors (Lipinski definition) is 4. The van der Waals surface area contributed by atoms with Gasteiger partial charge in [0.2, 0.25) is 0 Å². The molecule has 2 aliphatic rings. The first-order valence-corrected chi connectivity index (χ1v) is 8.59. The maximum Gasteiger partial charge on any atom is 0.142 e. The van der Waals surface area contributed by atoms with Crippen LogP contribution >= 0.6 is 0 Å². The molecule has 4 heteroatoms. The molecule has 0 aliphatic carbocycles. The van der Waals surface area contributed by atoms with Crippen molar-refractivity contribution in [2.45, 2.75) is 25.7 Å². The monoisotopic (exact) mass is 304 g/mol. The van der Waals surface area contributed by atoms with Crippen molar-refractivity contribution in [2.24, 2.45) is 0 Å². The van der Waals surface area contributed by atoms with Crippen LogP contribution in [0.2, 0.25) is 0 Å².